The summed E-state index contributed by atoms with van der Waals surface area (Å²) >= 11 is 24.8. The molecule has 2 aromatic carbocycles. The Balaban J connectivity index is 2.12. The van der Waals surface area contributed by atoms with Crippen LogP contribution in [-0.2, 0) is 25.6 Å². The minimum atomic E-state index is -1.67. The van der Waals surface area contributed by atoms with Crippen molar-refractivity contribution >= 4 is 74.9 Å². The standard InChI is InChI=1S/C22H15Cl4N3O6/c1-34-21(32)12-17(22(33)35-2)28-19(30)10-11(14(24)16(26)15(25)13(10)23)20(31)29(28)18(12)27-8-9-6-4-3-5-7-9/h3-7,17,27H,8H2,1-2H3. The minimum absolute atomic E-state index is 0.124. The molecule has 0 saturated carbocycles. The van der Waals surface area contributed by atoms with Gasteiger partial charge in [-0.1, -0.05) is 76.7 Å². The Kier molecular flexibility index (Phi) is 6.88. The highest BCUT2D eigenvalue weighted by molar-refractivity contribution is 6.55. The van der Waals surface area contributed by atoms with E-state index in [1.54, 1.807) is 24.3 Å². The van der Waals surface area contributed by atoms with Gasteiger partial charge in [0.25, 0.3) is 11.1 Å². The SMILES string of the molecule is COC(=O)C1=C(NCc2ccccc2)n2c(=O)c3c(Cl)c(Cl)c(Cl)c(Cl)c3c(=O)n2C1C(=O)OC. The van der Waals surface area contributed by atoms with Crippen LogP contribution in [0.4, 0.5) is 0 Å². The highest BCUT2D eigenvalue weighted by atomic mass is 35.5. The van der Waals surface area contributed by atoms with Crippen LogP contribution in [0.3, 0.4) is 0 Å². The molecule has 0 amide bonds. The number of fused-ring (bicyclic) bond motifs is 2. The van der Waals surface area contributed by atoms with Gasteiger partial charge < -0.3 is 14.8 Å². The number of halogens is 4. The van der Waals surface area contributed by atoms with Crippen molar-refractivity contribution in [1.82, 2.24) is 14.7 Å². The second-order valence-corrected chi connectivity index (χ2v) is 8.80. The third kappa shape index (κ3) is 3.88. The summed E-state index contributed by atoms with van der Waals surface area (Å²) < 4.78 is 11.3. The van der Waals surface area contributed by atoms with Crippen LogP contribution in [0.15, 0.2) is 45.5 Å². The number of hydrogen-bond acceptors (Lipinski definition) is 7. The molecule has 1 aromatic heterocycles. The van der Waals surface area contributed by atoms with Crippen molar-refractivity contribution < 1.29 is 19.1 Å². The summed E-state index contributed by atoms with van der Waals surface area (Å²) in [6, 6.07) is 7.34. The summed E-state index contributed by atoms with van der Waals surface area (Å²) in [5.41, 5.74) is -1.36. The number of hydrogen-bond donors (Lipinski definition) is 1. The summed E-state index contributed by atoms with van der Waals surface area (Å²) in [6.07, 6.45) is 0. The first-order valence-corrected chi connectivity index (χ1v) is 11.4. The molecule has 4 rings (SSSR count). The highest BCUT2D eigenvalue weighted by Crippen LogP contribution is 2.41. The maximum atomic E-state index is 13.7. The zero-order valence-electron chi connectivity index (χ0n) is 18.0. The van der Waals surface area contributed by atoms with E-state index in [9.17, 15) is 19.2 Å². The van der Waals surface area contributed by atoms with Crippen LogP contribution < -0.4 is 16.4 Å². The molecule has 0 fully saturated rings. The number of nitrogens with one attached hydrogen (secondary N) is 1. The van der Waals surface area contributed by atoms with Gasteiger partial charge in [-0.15, -0.1) is 0 Å². The van der Waals surface area contributed by atoms with Crippen LogP contribution in [0.1, 0.15) is 11.6 Å². The Morgan fingerprint density at radius 1 is 0.886 bits per heavy atom. The Morgan fingerprint density at radius 2 is 1.46 bits per heavy atom. The van der Waals surface area contributed by atoms with Crippen molar-refractivity contribution in [3.05, 3.63) is 82.3 Å². The van der Waals surface area contributed by atoms with Crippen molar-refractivity contribution in [1.29, 1.82) is 0 Å². The molecule has 13 heteroatoms. The molecule has 3 aromatic rings. The van der Waals surface area contributed by atoms with Gasteiger partial charge in [-0.25, -0.2) is 14.3 Å². The Hall–Kier alpha value is -2.98. The Bertz CT molecular complexity index is 1550. The molecule has 1 N–H and O–H groups in total. The lowest BCUT2D eigenvalue weighted by Crippen LogP contribution is -2.41. The van der Waals surface area contributed by atoms with Crippen LogP contribution in [0.25, 0.3) is 16.6 Å². The lowest BCUT2D eigenvalue weighted by Gasteiger charge is -2.17. The predicted octanol–water partition coefficient (Wildman–Crippen LogP) is 3.64. The molecule has 2 heterocycles. The van der Waals surface area contributed by atoms with E-state index in [-0.39, 0.29) is 48.8 Å². The van der Waals surface area contributed by atoms with E-state index < -0.39 is 29.1 Å². The number of rotatable bonds is 5. The van der Waals surface area contributed by atoms with E-state index in [0.29, 0.717) is 0 Å². The molecule has 0 spiro atoms. The second-order valence-electron chi connectivity index (χ2n) is 7.29. The molecule has 1 atom stereocenters. The number of carbonyl (C=O) groups is 2. The van der Waals surface area contributed by atoms with Gasteiger partial charge in [-0.05, 0) is 5.56 Å². The van der Waals surface area contributed by atoms with E-state index in [0.717, 1.165) is 29.1 Å². The topological polar surface area (TPSA) is 109 Å². The molecule has 0 radical (unpaired) electrons. The average molecular weight is 559 g/mol. The van der Waals surface area contributed by atoms with Crippen molar-refractivity contribution in [3.8, 4) is 0 Å². The average Bonchev–Trinajstić information content (AvgIpc) is 3.22. The van der Waals surface area contributed by atoms with E-state index in [1.165, 1.54) is 0 Å². The molecule has 35 heavy (non-hydrogen) atoms. The Labute approximate surface area is 217 Å². The zero-order chi connectivity index (χ0) is 25.6. The highest BCUT2D eigenvalue weighted by Gasteiger charge is 2.44. The van der Waals surface area contributed by atoms with Gasteiger partial charge in [0.2, 0.25) is 0 Å². The maximum absolute atomic E-state index is 13.7. The molecular formula is C22H15Cl4N3O6. The first-order valence-electron chi connectivity index (χ1n) is 9.87. The summed E-state index contributed by atoms with van der Waals surface area (Å²) in [6.45, 7) is 0.124. The van der Waals surface area contributed by atoms with Crippen molar-refractivity contribution in [2.24, 2.45) is 0 Å². The smallest absolute Gasteiger partial charge is 0.340 e. The monoisotopic (exact) mass is 557 g/mol. The van der Waals surface area contributed by atoms with Gasteiger partial charge in [0.05, 0.1) is 45.1 Å². The molecule has 0 saturated heterocycles. The van der Waals surface area contributed by atoms with Gasteiger partial charge in [0.1, 0.15) is 11.4 Å². The number of esters is 2. The second kappa shape index (κ2) is 9.58. The van der Waals surface area contributed by atoms with Crippen molar-refractivity contribution in [2.45, 2.75) is 12.6 Å². The van der Waals surface area contributed by atoms with Crippen molar-refractivity contribution in [3.63, 3.8) is 0 Å². The fourth-order valence-corrected chi connectivity index (χ4v) is 4.86. The molecule has 1 aliphatic heterocycles. The van der Waals surface area contributed by atoms with Gasteiger partial charge >= 0.3 is 11.9 Å². The number of aromatic nitrogens is 2. The zero-order valence-corrected chi connectivity index (χ0v) is 21.1. The van der Waals surface area contributed by atoms with Crippen molar-refractivity contribution in [2.75, 3.05) is 14.2 Å². The molecule has 9 nitrogen and oxygen atoms in total. The molecule has 0 aliphatic carbocycles. The Morgan fingerprint density at radius 3 is 2.00 bits per heavy atom. The van der Waals surface area contributed by atoms with Crippen LogP contribution in [0.5, 0.6) is 0 Å². The van der Waals surface area contributed by atoms with Crippen LogP contribution >= 0.6 is 46.4 Å². The minimum Gasteiger partial charge on any atom is -0.467 e. The largest absolute Gasteiger partial charge is 0.467 e. The van der Waals surface area contributed by atoms with E-state index in [2.05, 4.69) is 5.32 Å². The quantitative estimate of drug-likeness (QED) is 0.289. The van der Waals surface area contributed by atoms with Gasteiger partial charge in [-0.2, -0.15) is 4.68 Å². The fraction of sp³-hybridized carbons (Fsp3) is 0.182. The molecular weight excluding hydrogens is 544 g/mol. The van der Waals surface area contributed by atoms with E-state index in [1.807, 2.05) is 6.07 Å². The number of nitrogens with zero attached hydrogens (tertiary/aromatic N) is 2. The van der Waals surface area contributed by atoms with Crippen LogP contribution in [0.2, 0.25) is 20.1 Å². The summed E-state index contributed by atoms with van der Waals surface area (Å²) in [4.78, 5) is 53.1. The first-order chi connectivity index (χ1) is 16.6. The van der Waals surface area contributed by atoms with Gasteiger partial charge in [-0.3, -0.25) is 9.59 Å². The third-order valence-corrected chi connectivity index (χ3v) is 7.23. The maximum Gasteiger partial charge on any atom is 0.340 e. The fourth-order valence-electron chi connectivity index (χ4n) is 3.85. The van der Waals surface area contributed by atoms with E-state index in [4.69, 9.17) is 55.9 Å². The van der Waals surface area contributed by atoms with Crippen LogP contribution in [0, 0.1) is 0 Å². The molecule has 1 aliphatic rings. The number of benzene rings is 2. The van der Waals surface area contributed by atoms with Gasteiger partial charge in [0.15, 0.2) is 6.04 Å². The predicted molar refractivity (Wildman–Crippen MR) is 132 cm³/mol. The van der Waals surface area contributed by atoms with E-state index >= 15 is 0 Å². The van der Waals surface area contributed by atoms with Crippen LogP contribution in [-0.4, -0.2) is 35.5 Å². The lowest BCUT2D eigenvalue weighted by molar-refractivity contribution is -0.146. The number of methoxy groups -OCH3 is 2. The normalized spacial score (nSPS) is 14.7. The molecule has 182 valence electrons. The third-order valence-electron chi connectivity index (χ3n) is 5.43. The molecule has 1 unspecified atom stereocenters. The number of ether oxygens (including phenoxy) is 2. The number of carbonyl (C=O) groups excluding carboxylic acids is 2. The van der Waals surface area contributed by atoms with Gasteiger partial charge in [0, 0.05) is 6.54 Å². The summed E-state index contributed by atoms with van der Waals surface area (Å²) in [7, 11) is 2.17. The lowest BCUT2D eigenvalue weighted by atomic mass is 10.1. The summed E-state index contributed by atoms with van der Waals surface area (Å²) in [5, 5.41) is 1.15. The molecule has 0 bridgehead atoms. The summed E-state index contributed by atoms with van der Waals surface area (Å²) in [5.74, 6) is -2.14. The first kappa shape index (κ1) is 25.1.